The number of ether oxygens (including phenoxy) is 1. The van der Waals surface area contributed by atoms with E-state index in [1.54, 1.807) is 6.20 Å². The molecule has 2 aromatic rings. The Balaban J connectivity index is 1.99. The summed E-state index contributed by atoms with van der Waals surface area (Å²) < 4.78 is 22.7. The minimum absolute atomic E-state index is 0.117. The smallest absolute Gasteiger partial charge is 0.189 e. The summed E-state index contributed by atoms with van der Waals surface area (Å²) in [6.07, 6.45) is 1.78. The highest BCUT2D eigenvalue weighted by atomic mass is 19.1. The summed E-state index contributed by atoms with van der Waals surface area (Å²) in [5.74, 6) is 0.121. The van der Waals surface area contributed by atoms with E-state index in [1.807, 2.05) is 16.4 Å². The molecule has 1 aromatic heterocycles. The molecule has 1 aromatic carbocycles. The molecule has 23 heavy (non-hydrogen) atoms. The highest BCUT2D eigenvalue weighted by Crippen LogP contribution is 2.41. The second-order valence-electron chi connectivity index (χ2n) is 6.48. The van der Waals surface area contributed by atoms with Crippen LogP contribution in [0.5, 0.6) is 5.75 Å². The molecule has 0 radical (unpaired) electrons. The molecular formula is C17H20FN3O2. The molecule has 3 heterocycles. The van der Waals surface area contributed by atoms with Gasteiger partial charge in [0.25, 0.3) is 0 Å². The first kappa shape index (κ1) is 14.5. The number of hydrogen-bond donors (Lipinski definition) is 1. The van der Waals surface area contributed by atoms with Gasteiger partial charge in [-0.05, 0) is 19.9 Å². The average Bonchev–Trinajstić information content (AvgIpc) is 2.52. The Bertz CT molecular complexity index is 833. The number of pyridine rings is 1. The highest BCUT2D eigenvalue weighted by Gasteiger charge is 2.29. The number of benzene rings is 1. The Kier molecular flexibility index (Phi) is 3.30. The molecule has 0 amide bonds. The van der Waals surface area contributed by atoms with Gasteiger partial charge in [-0.15, -0.1) is 0 Å². The van der Waals surface area contributed by atoms with Crippen LogP contribution in [0.4, 0.5) is 10.1 Å². The summed E-state index contributed by atoms with van der Waals surface area (Å²) >= 11 is 0. The lowest BCUT2D eigenvalue weighted by Gasteiger charge is -2.36. The lowest BCUT2D eigenvalue weighted by Crippen LogP contribution is -2.49. The minimum Gasteiger partial charge on any atom is -0.487 e. The second kappa shape index (κ2) is 5.23. The molecule has 122 valence electrons. The lowest BCUT2D eigenvalue weighted by atomic mass is 10.1. The van der Waals surface area contributed by atoms with E-state index in [0.717, 1.165) is 13.1 Å². The number of halogens is 1. The molecule has 1 N–H and O–H groups in total. The van der Waals surface area contributed by atoms with E-state index in [-0.39, 0.29) is 23.3 Å². The van der Waals surface area contributed by atoms with Gasteiger partial charge in [-0.2, -0.15) is 0 Å². The third-order valence-corrected chi connectivity index (χ3v) is 4.72. The van der Waals surface area contributed by atoms with Crippen molar-refractivity contribution in [3.8, 4) is 5.75 Å². The van der Waals surface area contributed by atoms with Crippen LogP contribution in [-0.4, -0.2) is 36.9 Å². The molecular weight excluding hydrogens is 297 g/mol. The molecule has 5 nitrogen and oxygen atoms in total. The minimum atomic E-state index is -0.383. The van der Waals surface area contributed by atoms with Crippen LogP contribution in [0, 0.1) is 5.82 Å². The monoisotopic (exact) mass is 317 g/mol. The fourth-order valence-electron chi connectivity index (χ4n) is 3.58. The van der Waals surface area contributed by atoms with Gasteiger partial charge in [0, 0.05) is 37.9 Å². The zero-order valence-corrected chi connectivity index (χ0v) is 13.3. The first-order valence-electron chi connectivity index (χ1n) is 8.04. The average molecular weight is 317 g/mol. The lowest BCUT2D eigenvalue weighted by molar-refractivity contribution is 0.246. The second-order valence-corrected chi connectivity index (χ2v) is 6.48. The number of nitrogens with zero attached hydrogens (tertiary/aromatic N) is 2. The van der Waals surface area contributed by atoms with Crippen LogP contribution in [0.25, 0.3) is 10.9 Å². The van der Waals surface area contributed by atoms with Gasteiger partial charge < -0.3 is 19.5 Å². The molecule has 0 spiro atoms. The summed E-state index contributed by atoms with van der Waals surface area (Å²) in [6, 6.07) is 3.26. The van der Waals surface area contributed by atoms with Crippen LogP contribution < -0.4 is 20.4 Å². The molecule has 1 saturated heterocycles. The SMILES string of the molecule is CC1CN(c2c(F)cc3c(=O)ccn4c3c2OCC4C)CCN1. The standard InChI is InChI=1S/C17H20FN3O2/c1-10-8-20(6-4-19-10)16-13(18)7-12-14(22)3-5-21-11(2)9-23-17(16)15(12)21/h3,5,7,10-11,19H,4,6,8-9H2,1-2H3. The van der Waals surface area contributed by atoms with Gasteiger partial charge in [-0.25, -0.2) is 4.39 Å². The Morgan fingerprint density at radius 3 is 3.00 bits per heavy atom. The zero-order chi connectivity index (χ0) is 16.1. The summed E-state index contributed by atoms with van der Waals surface area (Å²) in [6.45, 7) is 6.82. The predicted octanol–water partition coefficient (Wildman–Crippen LogP) is 1.89. The molecule has 4 rings (SSSR count). The van der Waals surface area contributed by atoms with Crippen LogP contribution in [0.15, 0.2) is 23.1 Å². The van der Waals surface area contributed by atoms with Crippen molar-refractivity contribution in [2.75, 3.05) is 31.1 Å². The quantitative estimate of drug-likeness (QED) is 0.872. The molecule has 2 atom stereocenters. The molecule has 6 heteroatoms. The summed E-state index contributed by atoms with van der Waals surface area (Å²) in [4.78, 5) is 14.2. The normalized spacial score (nSPS) is 23.9. The van der Waals surface area contributed by atoms with Crippen molar-refractivity contribution in [3.05, 3.63) is 34.4 Å². The topological polar surface area (TPSA) is 46.5 Å². The van der Waals surface area contributed by atoms with Crippen molar-refractivity contribution < 1.29 is 9.13 Å². The summed E-state index contributed by atoms with van der Waals surface area (Å²) in [5.41, 5.74) is 1.02. The van der Waals surface area contributed by atoms with Crippen LogP contribution >= 0.6 is 0 Å². The van der Waals surface area contributed by atoms with Crippen molar-refractivity contribution in [1.29, 1.82) is 0 Å². The number of hydrogen-bond acceptors (Lipinski definition) is 4. The van der Waals surface area contributed by atoms with E-state index in [1.165, 1.54) is 12.1 Å². The maximum atomic E-state index is 14.8. The Labute approximate surface area is 133 Å². The van der Waals surface area contributed by atoms with Crippen molar-refractivity contribution in [3.63, 3.8) is 0 Å². The van der Waals surface area contributed by atoms with Crippen LogP contribution in [0.3, 0.4) is 0 Å². The number of piperazine rings is 1. The summed E-state index contributed by atoms with van der Waals surface area (Å²) in [7, 11) is 0. The van der Waals surface area contributed by atoms with Gasteiger partial charge in [0.15, 0.2) is 17.0 Å². The van der Waals surface area contributed by atoms with Crippen molar-refractivity contribution in [2.24, 2.45) is 0 Å². The van der Waals surface area contributed by atoms with Gasteiger partial charge >= 0.3 is 0 Å². The Hall–Kier alpha value is -2.08. The van der Waals surface area contributed by atoms with Gasteiger partial charge in [0.05, 0.1) is 16.9 Å². The fourth-order valence-corrected chi connectivity index (χ4v) is 3.58. The molecule has 0 saturated carbocycles. The third-order valence-electron chi connectivity index (χ3n) is 4.72. The van der Waals surface area contributed by atoms with E-state index in [9.17, 15) is 9.18 Å². The molecule has 2 unspecified atom stereocenters. The largest absolute Gasteiger partial charge is 0.487 e. The third kappa shape index (κ3) is 2.20. The Morgan fingerprint density at radius 1 is 1.39 bits per heavy atom. The molecule has 2 aliphatic rings. The van der Waals surface area contributed by atoms with Gasteiger partial charge in [0.2, 0.25) is 0 Å². The van der Waals surface area contributed by atoms with E-state index in [4.69, 9.17) is 4.74 Å². The van der Waals surface area contributed by atoms with Crippen molar-refractivity contribution in [1.82, 2.24) is 9.88 Å². The number of nitrogens with one attached hydrogen (secondary N) is 1. The van der Waals surface area contributed by atoms with Crippen LogP contribution in [-0.2, 0) is 0 Å². The highest BCUT2D eigenvalue weighted by molar-refractivity contribution is 5.92. The first-order valence-corrected chi connectivity index (χ1v) is 8.04. The zero-order valence-electron chi connectivity index (χ0n) is 13.3. The number of rotatable bonds is 1. The Morgan fingerprint density at radius 2 is 2.22 bits per heavy atom. The first-order chi connectivity index (χ1) is 11.1. The van der Waals surface area contributed by atoms with Gasteiger partial charge in [-0.1, -0.05) is 0 Å². The van der Waals surface area contributed by atoms with E-state index >= 15 is 0 Å². The van der Waals surface area contributed by atoms with E-state index in [2.05, 4.69) is 12.2 Å². The molecule has 0 aliphatic carbocycles. The molecule has 2 aliphatic heterocycles. The van der Waals surface area contributed by atoms with E-state index < -0.39 is 0 Å². The molecule has 1 fully saturated rings. The summed E-state index contributed by atoms with van der Waals surface area (Å²) in [5, 5.41) is 3.74. The van der Waals surface area contributed by atoms with Gasteiger partial charge in [-0.3, -0.25) is 4.79 Å². The maximum Gasteiger partial charge on any atom is 0.189 e. The molecule has 0 bridgehead atoms. The van der Waals surface area contributed by atoms with Crippen LogP contribution in [0.1, 0.15) is 19.9 Å². The van der Waals surface area contributed by atoms with E-state index in [0.29, 0.717) is 35.5 Å². The van der Waals surface area contributed by atoms with Crippen molar-refractivity contribution >= 4 is 16.6 Å². The number of anilines is 1. The van der Waals surface area contributed by atoms with Crippen LogP contribution in [0.2, 0.25) is 0 Å². The number of aromatic nitrogens is 1. The fraction of sp³-hybridized carbons (Fsp3) is 0.471. The predicted molar refractivity (Wildman–Crippen MR) is 88.0 cm³/mol. The van der Waals surface area contributed by atoms with Crippen molar-refractivity contribution in [2.45, 2.75) is 25.9 Å². The van der Waals surface area contributed by atoms with Gasteiger partial charge in [0.1, 0.15) is 12.3 Å². The maximum absolute atomic E-state index is 14.8.